The minimum Gasteiger partial charge on any atom is -0.481 e. The lowest BCUT2D eigenvalue weighted by Crippen LogP contribution is -2.02. The number of hydrogen-bond donors (Lipinski definition) is 2. The number of aryl methyl sites for hydroxylation is 1. The van der Waals surface area contributed by atoms with E-state index in [4.69, 9.17) is 10.8 Å². The Morgan fingerprint density at radius 3 is 3.00 bits per heavy atom. The second kappa shape index (κ2) is 4.57. The summed E-state index contributed by atoms with van der Waals surface area (Å²) in [7, 11) is 0. The molecule has 0 saturated carbocycles. The van der Waals surface area contributed by atoms with Crippen LogP contribution in [-0.2, 0) is 17.8 Å². The van der Waals surface area contributed by atoms with Crippen molar-refractivity contribution in [2.24, 2.45) is 5.73 Å². The van der Waals surface area contributed by atoms with Crippen LogP contribution >= 0.6 is 0 Å². The molecule has 0 aliphatic rings. The Hall–Kier alpha value is -1.42. The van der Waals surface area contributed by atoms with E-state index in [2.05, 4.69) is 4.98 Å². The number of pyridine rings is 1. The molecule has 4 heteroatoms. The number of carbonyl (C=O) groups is 1. The van der Waals surface area contributed by atoms with Crippen LogP contribution in [0, 0.1) is 0 Å². The first kappa shape index (κ1) is 9.67. The lowest BCUT2D eigenvalue weighted by atomic mass is 10.1. The smallest absolute Gasteiger partial charge is 0.303 e. The third kappa shape index (κ3) is 3.21. The molecule has 0 radical (unpaired) electrons. The fourth-order valence-electron chi connectivity index (χ4n) is 1.03. The van der Waals surface area contributed by atoms with E-state index in [0.717, 1.165) is 11.3 Å². The number of carboxylic acid groups (broad SMARTS) is 1. The first-order chi connectivity index (χ1) is 6.22. The average Bonchev–Trinajstić information content (AvgIpc) is 2.15. The van der Waals surface area contributed by atoms with E-state index in [1.165, 1.54) is 0 Å². The van der Waals surface area contributed by atoms with Gasteiger partial charge in [-0.25, -0.2) is 0 Å². The summed E-state index contributed by atoms with van der Waals surface area (Å²) < 4.78 is 0. The molecule has 1 aromatic rings. The molecular formula is C9H12N2O2. The van der Waals surface area contributed by atoms with Gasteiger partial charge in [0.05, 0.1) is 6.42 Å². The zero-order valence-electron chi connectivity index (χ0n) is 7.23. The van der Waals surface area contributed by atoms with Crippen LogP contribution in [0.1, 0.15) is 17.7 Å². The predicted molar refractivity (Wildman–Crippen MR) is 48.1 cm³/mol. The molecule has 0 amide bonds. The lowest BCUT2D eigenvalue weighted by molar-refractivity contribution is -0.136. The van der Waals surface area contributed by atoms with E-state index in [9.17, 15) is 4.79 Å². The van der Waals surface area contributed by atoms with E-state index < -0.39 is 5.97 Å². The largest absolute Gasteiger partial charge is 0.481 e. The first-order valence-corrected chi connectivity index (χ1v) is 4.08. The number of nitrogens with zero attached hydrogens (tertiary/aromatic N) is 1. The maximum atomic E-state index is 10.3. The second-order valence-electron chi connectivity index (χ2n) is 2.75. The molecule has 1 heterocycles. The van der Waals surface area contributed by atoms with E-state index in [0.29, 0.717) is 13.0 Å². The van der Waals surface area contributed by atoms with Crippen molar-refractivity contribution in [2.45, 2.75) is 19.4 Å². The van der Waals surface area contributed by atoms with Crippen LogP contribution in [0.25, 0.3) is 0 Å². The van der Waals surface area contributed by atoms with Gasteiger partial charge >= 0.3 is 5.97 Å². The summed E-state index contributed by atoms with van der Waals surface area (Å²) in [6.07, 6.45) is 2.23. The maximum absolute atomic E-state index is 10.3. The zero-order valence-corrected chi connectivity index (χ0v) is 7.23. The molecule has 0 aromatic carbocycles. The van der Waals surface area contributed by atoms with Gasteiger partial charge in [-0.2, -0.15) is 0 Å². The molecule has 0 unspecified atom stereocenters. The van der Waals surface area contributed by atoms with Crippen molar-refractivity contribution < 1.29 is 9.90 Å². The molecule has 0 aliphatic heterocycles. The number of aromatic nitrogens is 1. The van der Waals surface area contributed by atoms with Crippen LogP contribution in [0.3, 0.4) is 0 Å². The summed E-state index contributed by atoms with van der Waals surface area (Å²) >= 11 is 0. The molecule has 0 aliphatic carbocycles. The monoisotopic (exact) mass is 180 g/mol. The Labute approximate surface area is 76.4 Å². The van der Waals surface area contributed by atoms with Crippen molar-refractivity contribution in [3.8, 4) is 0 Å². The summed E-state index contributed by atoms with van der Waals surface area (Å²) in [6, 6.07) is 3.66. The summed E-state index contributed by atoms with van der Waals surface area (Å²) in [5.41, 5.74) is 7.20. The van der Waals surface area contributed by atoms with Crippen LogP contribution in [0.15, 0.2) is 18.3 Å². The third-order valence-corrected chi connectivity index (χ3v) is 1.71. The van der Waals surface area contributed by atoms with Crippen molar-refractivity contribution in [3.63, 3.8) is 0 Å². The van der Waals surface area contributed by atoms with Gasteiger partial charge in [-0.1, -0.05) is 0 Å². The van der Waals surface area contributed by atoms with E-state index in [-0.39, 0.29) is 6.42 Å². The number of hydrogen-bond acceptors (Lipinski definition) is 3. The summed E-state index contributed by atoms with van der Waals surface area (Å²) in [4.78, 5) is 14.3. The molecule has 70 valence electrons. The van der Waals surface area contributed by atoms with Crippen molar-refractivity contribution in [3.05, 3.63) is 29.6 Å². The molecule has 0 atom stereocenters. The highest BCUT2D eigenvalue weighted by Crippen LogP contribution is 2.03. The second-order valence-corrected chi connectivity index (χ2v) is 2.75. The normalized spacial score (nSPS) is 9.92. The number of rotatable bonds is 4. The summed E-state index contributed by atoms with van der Waals surface area (Å²) in [5, 5.41) is 8.45. The summed E-state index contributed by atoms with van der Waals surface area (Å²) in [5.74, 6) is -0.806. The van der Waals surface area contributed by atoms with Gasteiger partial charge in [0.2, 0.25) is 0 Å². The fourth-order valence-corrected chi connectivity index (χ4v) is 1.03. The van der Waals surface area contributed by atoms with E-state index >= 15 is 0 Å². The molecule has 1 rings (SSSR count). The average molecular weight is 180 g/mol. The Morgan fingerprint density at radius 2 is 2.38 bits per heavy atom. The Bertz CT molecular complexity index is 299. The van der Waals surface area contributed by atoms with Crippen LogP contribution < -0.4 is 5.73 Å². The molecule has 0 bridgehead atoms. The quantitative estimate of drug-likeness (QED) is 0.709. The Balaban J connectivity index is 2.61. The molecule has 0 saturated heterocycles. The zero-order chi connectivity index (χ0) is 9.68. The standard InChI is InChI=1S/C9H12N2O2/c10-6-7-3-4-11-8(5-7)1-2-9(12)13/h3-5H,1-2,6,10H2,(H,12,13). The lowest BCUT2D eigenvalue weighted by Gasteiger charge is -2.00. The predicted octanol–water partition coefficient (Wildman–Crippen LogP) is 0.558. The number of carboxylic acids is 1. The van der Waals surface area contributed by atoms with Gasteiger partial charge in [0.1, 0.15) is 0 Å². The van der Waals surface area contributed by atoms with Gasteiger partial charge in [0, 0.05) is 24.9 Å². The molecule has 0 spiro atoms. The van der Waals surface area contributed by atoms with Gasteiger partial charge in [0.15, 0.2) is 0 Å². The van der Waals surface area contributed by atoms with Gasteiger partial charge in [-0.15, -0.1) is 0 Å². The number of nitrogens with two attached hydrogens (primary N) is 1. The van der Waals surface area contributed by atoms with Crippen LogP contribution in [0.4, 0.5) is 0 Å². The highest BCUT2D eigenvalue weighted by Gasteiger charge is 2.00. The van der Waals surface area contributed by atoms with Crippen LogP contribution in [-0.4, -0.2) is 16.1 Å². The SMILES string of the molecule is NCc1ccnc(CCC(=O)O)c1. The molecule has 1 aromatic heterocycles. The van der Waals surface area contributed by atoms with Gasteiger partial charge in [-0.3, -0.25) is 9.78 Å². The van der Waals surface area contributed by atoms with Crippen molar-refractivity contribution in [1.82, 2.24) is 4.98 Å². The summed E-state index contributed by atoms with van der Waals surface area (Å²) in [6.45, 7) is 0.461. The van der Waals surface area contributed by atoms with Crippen LogP contribution in [0.2, 0.25) is 0 Å². The molecule has 4 nitrogen and oxygen atoms in total. The highest BCUT2D eigenvalue weighted by atomic mass is 16.4. The van der Waals surface area contributed by atoms with Crippen molar-refractivity contribution >= 4 is 5.97 Å². The minimum absolute atomic E-state index is 0.112. The maximum Gasteiger partial charge on any atom is 0.303 e. The third-order valence-electron chi connectivity index (χ3n) is 1.71. The molecule has 3 N–H and O–H groups in total. The topological polar surface area (TPSA) is 76.2 Å². The molecule has 0 fully saturated rings. The van der Waals surface area contributed by atoms with E-state index in [1.807, 2.05) is 12.1 Å². The van der Waals surface area contributed by atoms with Crippen molar-refractivity contribution in [1.29, 1.82) is 0 Å². The van der Waals surface area contributed by atoms with Gasteiger partial charge in [0.25, 0.3) is 0 Å². The van der Waals surface area contributed by atoms with E-state index in [1.54, 1.807) is 6.20 Å². The number of aliphatic carboxylic acids is 1. The van der Waals surface area contributed by atoms with Crippen molar-refractivity contribution in [2.75, 3.05) is 0 Å². The molecular weight excluding hydrogens is 168 g/mol. The van der Waals surface area contributed by atoms with Gasteiger partial charge in [-0.05, 0) is 17.7 Å². The Morgan fingerprint density at radius 1 is 1.62 bits per heavy atom. The minimum atomic E-state index is -0.806. The van der Waals surface area contributed by atoms with Crippen LogP contribution in [0.5, 0.6) is 0 Å². The Kier molecular flexibility index (Phi) is 3.40. The highest BCUT2D eigenvalue weighted by molar-refractivity contribution is 5.66. The molecule has 13 heavy (non-hydrogen) atoms. The first-order valence-electron chi connectivity index (χ1n) is 4.08. The van der Waals surface area contributed by atoms with Gasteiger partial charge < -0.3 is 10.8 Å². The fraction of sp³-hybridized carbons (Fsp3) is 0.333.